The van der Waals surface area contributed by atoms with Gasteiger partial charge in [0, 0.05) is 41.4 Å². The van der Waals surface area contributed by atoms with Gasteiger partial charge in [-0.25, -0.2) is 15.0 Å². The number of rotatable bonds is 4. The molecule has 5 nitrogen and oxygen atoms in total. The normalized spacial score (nSPS) is 15.4. The summed E-state index contributed by atoms with van der Waals surface area (Å²) in [5.41, 5.74) is 4.69. The molecule has 3 aromatic rings. The molecule has 0 amide bonds. The van der Waals surface area contributed by atoms with E-state index in [2.05, 4.69) is 62.3 Å². The predicted octanol–water partition coefficient (Wildman–Crippen LogP) is 4.28. The Morgan fingerprint density at radius 1 is 1.12 bits per heavy atom. The summed E-state index contributed by atoms with van der Waals surface area (Å²) in [6.07, 6.45) is 9.68. The monoisotopic (exact) mass is 365 g/mol. The van der Waals surface area contributed by atoms with E-state index in [1.54, 1.807) is 24.4 Å². The molecule has 1 fully saturated rings. The Hall–Kier alpha value is -2.34. The third-order valence-electron chi connectivity index (χ3n) is 5.14. The van der Waals surface area contributed by atoms with Gasteiger partial charge in [-0.2, -0.15) is 0 Å². The van der Waals surface area contributed by atoms with Gasteiger partial charge in [-0.05, 0) is 43.7 Å². The minimum absolute atomic E-state index is 0.531. The second kappa shape index (κ2) is 7.50. The highest BCUT2D eigenvalue weighted by molar-refractivity contribution is 7.98. The van der Waals surface area contributed by atoms with E-state index in [9.17, 15) is 0 Å². The van der Waals surface area contributed by atoms with Gasteiger partial charge in [0.2, 0.25) is 0 Å². The Balaban J connectivity index is 1.54. The summed E-state index contributed by atoms with van der Waals surface area (Å²) in [6, 6.07) is 8.63. The molecule has 1 saturated heterocycles. The van der Waals surface area contributed by atoms with Gasteiger partial charge in [-0.1, -0.05) is 12.1 Å². The van der Waals surface area contributed by atoms with E-state index in [1.165, 1.54) is 21.8 Å². The van der Waals surface area contributed by atoms with Gasteiger partial charge in [0.05, 0.1) is 12.0 Å². The van der Waals surface area contributed by atoms with Crippen molar-refractivity contribution in [3.8, 4) is 11.1 Å². The molecule has 0 aliphatic carbocycles. The lowest BCUT2D eigenvalue weighted by Crippen LogP contribution is -2.34. The van der Waals surface area contributed by atoms with Crippen LogP contribution in [0, 0.1) is 6.92 Å². The van der Waals surface area contributed by atoms with Crippen molar-refractivity contribution >= 4 is 17.6 Å². The first-order valence-corrected chi connectivity index (χ1v) is 10.2. The zero-order valence-corrected chi connectivity index (χ0v) is 16.0. The van der Waals surface area contributed by atoms with E-state index < -0.39 is 0 Å². The average Bonchev–Trinajstić information content (AvgIpc) is 3.14. The molecule has 0 spiro atoms. The Bertz CT molecular complexity index is 866. The van der Waals surface area contributed by atoms with Crippen LogP contribution >= 0.6 is 11.8 Å². The zero-order valence-electron chi connectivity index (χ0n) is 15.1. The van der Waals surface area contributed by atoms with Crippen LogP contribution in [-0.2, 0) is 0 Å². The molecular weight excluding hydrogens is 342 g/mol. The SMILES string of the molecule is CSc1ccc(-c2cncnc2N2CCC(c3nc[nH]c3C)CC2)cc1. The summed E-state index contributed by atoms with van der Waals surface area (Å²) in [6.45, 7) is 4.09. The number of nitrogens with one attached hydrogen (secondary N) is 1. The fourth-order valence-electron chi connectivity index (χ4n) is 3.70. The summed E-state index contributed by atoms with van der Waals surface area (Å²) in [5, 5.41) is 0. The number of H-pyrrole nitrogens is 1. The molecule has 0 unspecified atom stereocenters. The van der Waals surface area contributed by atoms with E-state index in [0.29, 0.717) is 5.92 Å². The highest BCUT2D eigenvalue weighted by Gasteiger charge is 2.25. The molecule has 0 saturated carbocycles. The molecule has 1 aromatic carbocycles. The largest absolute Gasteiger partial charge is 0.356 e. The van der Waals surface area contributed by atoms with Crippen molar-refractivity contribution < 1.29 is 0 Å². The van der Waals surface area contributed by atoms with Crippen molar-refractivity contribution in [2.45, 2.75) is 30.6 Å². The summed E-state index contributed by atoms with van der Waals surface area (Å²) >= 11 is 1.75. The van der Waals surface area contributed by atoms with Gasteiger partial charge in [-0.3, -0.25) is 0 Å². The molecule has 0 bridgehead atoms. The number of aromatic amines is 1. The number of anilines is 1. The van der Waals surface area contributed by atoms with E-state index in [-0.39, 0.29) is 0 Å². The summed E-state index contributed by atoms with van der Waals surface area (Å²) < 4.78 is 0. The lowest BCUT2D eigenvalue weighted by Gasteiger charge is -2.33. The lowest BCUT2D eigenvalue weighted by atomic mass is 9.92. The Kier molecular flexibility index (Phi) is 4.93. The maximum absolute atomic E-state index is 4.61. The second-order valence-corrected chi connectivity index (χ2v) is 7.54. The molecule has 3 heterocycles. The van der Waals surface area contributed by atoms with Gasteiger partial charge in [0.25, 0.3) is 0 Å². The van der Waals surface area contributed by atoms with Crippen molar-refractivity contribution in [2.24, 2.45) is 0 Å². The van der Waals surface area contributed by atoms with Crippen molar-refractivity contribution in [2.75, 3.05) is 24.2 Å². The number of thioether (sulfide) groups is 1. The number of piperidine rings is 1. The molecule has 1 N–H and O–H groups in total. The molecule has 134 valence electrons. The number of imidazole rings is 1. The standard InChI is InChI=1S/C20H23N5S/c1-14-19(23-13-22-14)16-7-9-25(10-8-16)20-18(11-21-12-24-20)15-3-5-17(26-2)6-4-15/h3-6,11-13,16H,7-10H2,1-2H3,(H,22,23). The predicted molar refractivity (Wildman–Crippen MR) is 107 cm³/mol. The fourth-order valence-corrected chi connectivity index (χ4v) is 4.10. The minimum atomic E-state index is 0.531. The van der Waals surface area contributed by atoms with Crippen molar-refractivity contribution in [3.63, 3.8) is 0 Å². The molecule has 0 atom stereocenters. The molecule has 2 aromatic heterocycles. The molecular formula is C20H23N5S. The van der Waals surface area contributed by atoms with Crippen LogP contribution in [0.1, 0.15) is 30.1 Å². The van der Waals surface area contributed by atoms with Crippen molar-refractivity contribution in [1.82, 2.24) is 19.9 Å². The molecule has 1 aliphatic rings. The first-order valence-electron chi connectivity index (χ1n) is 8.95. The molecule has 1 aliphatic heterocycles. The smallest absolute Gasteiger partial charge is 0.139 e. The van der Waals surface area contributed by atoms with Gasteiger partial charge in [-0.15, -0.1) is 11.8 Å². The zero-order chi connectivity index (χ0) is 17.9. The van der Waals surface area contributed by atoms with E-state index in [4.69, 9.17) is 0 Å². The van der Waals surface area contributed by atoms with Crippen LogP contribution in [0.2, 0.25) is 0 Å². The highest BCUT2D eigenvalue weighted by atomic mass is 32.2. The number of nitrogens with zero attached hydrogens (tertiary/aromatic N) is 4. The van der Waals surface area contributed by atoms with Crippen LogP contribution in [0.15, 0.2) is 48.0 Å². The van der Waals surface area contributed by atoms with Gasteiger partial charge in [0.1, 0.15) is 12.1 Å². The van der Waals surface area contributed by atoms with Crippen molar-refractivity contribution in [3.05, 3.63) is 54.5 Å². The first-order chi connectivity index (χ1) is 12.8. The fraction of sp³-hybridized carbons (Fsp3) is 0.350. The minimum Gasteiger partial charge on any atom is -0.356 e. The van der Waals surface area contributed by atoms with E-state index in [0.717, 1.165) is 37.3 Å². The second-order valence-electron chi connectivity index (χ2n) is 6.66. The quantitative estimate of drug-likeness (QED) is 0.699. The topological polar surface area (TPSA) is 57.7 Å². The van der Waals surface area contributed by atoms with Gasteiger partial charge < -0.3 is 9.88 Å². The number of benzene rings is 1. The highest BCUT2D eigenvalue weighted by Crippen LogP contribution is 2.34. The van der Waals surface area contributed by atoms with Crippen LogP contribution < -0.4 is 4.90 Å². The maximum atomic E-state index is 4.61. The molecule has 26 heavy (non-hydrogen) atoms. The maximum Gasteiger partial charge on any atom is 0.139 e. The third-order valence-corrected chi connectivity index (χ3v) is 5.89. The molecule has 6 heteroatoms. The number of aromatic nitrogens is 4. The van der Waals surface area contributed by atoms with E-state index >= 15 is 0 Å². The average molecular weight is 366 g/mol. The van der Waals surface area contributed by atoms with Crippen LogP contribution in [0.3, 0.4) is 0 Å². The van der Waals surface area contributed by atoms with Gasteiger partial charge in [0.15, 0.2) is 0 Å². The Labute approximate surface area is 158 Å². The van der Waals surface area contributed by atoms with Crippen molar-refractivity contribution in [1.29, 1.82) is 0 Å². The molecule has 4 rings (SSSR count). The lowest BCUT2D eigenvalue weighted by molar-refractivity contribution is 0.493. The summed E-state index contributed by atoms with van der Waals surface area (Å²) in [7, 11) is 0. The van der Waals surface area contributed by atoms with Gasteiger partial charge >= 0.3 is 0 Å². The van der Waals surface area contributed by atoms with Crippen LogP contribution in [-0.4, -0.2) is 39.3 Å². The third kappa shape index (κ3) is 3.33. The number of hydrogen-bond donors (Lipinski definition) is 1. The van der Waals surface area contributed by atoms with Crippen LogP contribution in [0.5, 0.6) is 0 Å². The molecule has 0 radical (unpaired) electrons. The first kappa shape index (κ1) is 17.1. The Morgan fingerprint density at radius 2 is 1.88 bits per heavy atom. The number of hydrogen-bond acceptors (Lipinski definition) is 5. The van der Waals surface area contributed by atoms with Crippen LogP contribution in [0.25, 0.3) is 11.1 Å². The Morgan fingerprint density at radius 3 is 2.54 bits per heavy atom. The summed E-state index contributed by atoms with van der Waals surface area (Å²) in [5.74, 6) is 1.57. The summed E-state index contributed by atoms with van der Waals surface area (Å²) in [4.78, 5) is 20.3. The van der Waals surface area contributed by atoms with E-state index in [1.807, 2.05) is 6.20 Å². The number of aryl methyl sites for hydroxylation is 1. The van der Waals surface area contributed by atoms with Crippen LogP contribution in [0.4, 0.5) is 5.82 Å².